The van der Waals surface area contributed by atoms with Gasteiger partial charge in [0.15, 0.2) is 0 Å². The fourth-order valence-corrected chi connectivity index (χ4v) is 3.38. The van der Waals surface area contributed by atoms with Crippen LogP contribution in [-0.4, -0.2) is 18.5 Å². The number of carbonyl (C=O) groups excluding carboxylic acids is 1. The van der Waals surface area contributed by atoms with Gasteiger partial charge in [0.1, 0.15) is 0 Å². The minimum atomic E-state index is 0.181. The number of amides is 1. The molecular formula is C18H19BrN2O. The van der Waals surface area contributed by atoms with Crippen molar-refractivity contribution in [1.82, 2.24) is 0 Å². The molecule has 0 saturated carbocycles. The normalized spacial score (nSPS) is 16.5. The molecule has 0 bridgehead atoms. The van der Waals surface area contributed by atoms with Crippen LogP contribution in [0.5, 0.6) is 0 Å². The third-order valence-corrected chi connectivity index (χ3v) is 4.46. The lowest BCUT2D eigenvalue weighted by Crippen LogP contribution is -2.36. The van der Waals surface area contributed by atoms with Gasteiger partial charge in [0.05, 0.1) is 0 Å². The van der Waals surface area contributed by atoms with Crippen LogP contribution in [-0.2, 0) is 11.2 Å². The van der Waals surface area contributed by atoms with Crippen LogP contribution in [0.1, 0.15) is 18.9 Å². The molecule has 3 rings (SSSR count). The highest BCUT2D eigenvalue weighted by Gasteiger charge is 2.29. The average Bonchev–Trinajstić information content (AvgIpc) is 2.83. The van der Waals surface area contributed by atoms with E-state index in [-0.39, 0.29) is 11.9 Å². The summed E-state index contributed by atoms with van der Waals surface area (Å²) in [7, 11) is 0. The number of hydrogen-bond acceptors (Lipinski definition) is 2. The Kier molecular flexibility index (Phi) is 4.48. The second-order valence-corrected chi connectivity index (χ2v) is 6.55. The molecule has 1 unspecified atom stereocenters. The Morgan fingerprint density at radius 2 is 2.09 bits per heavy atom. The van der Waals surface area contributed by atoms with Crippen LogP contribution in [0.25, 0.3) is 0 Å². The van der Waals surface area contributed by atoms with E-state index in [4.69, 9.17) is 0 Å². The van der Waals surface area contributed by atoms with Crippen LogP contribution >= 0.6 is 15.9 Å². The van der Waals surface area contributed by atoms with E-state index >= 15 is 0 Å². The zero-order valence-corrected chi connectivity index (χ0v) is 14.1. The van der Waals surface area contributed by atoms with E-state index in [0.717, 1.165) is 22.3 Å². The highest BCUT2D eigenvalue weighted by atomic mass is 79.9. The first kappa shape index (κ1) is 15.1. The van der Waals surface area contributed by atoms with Crippen LogP contribution in [0.4, 0.5) is 11.4 Å². The Bertz CT molecular complexity index is 686. The van der Waals surface area contributed by atoms with Crippen molar-refractivity contribution in [3.8, 4) is 0 Å². The monoisotopic (exact) mass is 358 g/mol. The van der Waals surface area contributed by atoms with E-state index < -0.39 is 0 Å². The number of fused-ring (bicyclic) bond motifs is 1. The predicted octanol–water partition coefficient (Wildman–Crippen LogP) is 4.23. The molecule has 1 amide bonds. The molecule has 2 aromatic carbocycles. The van der Waals surface area contributed by atoms with Crippen molar-refractivity contribution in [3.63, 3.8) is 0 Å². The number of nitrogens with one attached hydrogen (secondary N) is 1. The van der Waals surface area contributed by atoms with Crippen molar-refractivity contribution in [3.05, 3.63) is 58.6 Å². The van der Waals surface area contributed by atoms with Gasteiger partial charge in [-0.3, -0.25) is 4.79 Å². The Hall–Kier alpha value is -1.81. The first-order valence-corrected chi connectivity index (χ1v) is 8.34. The van der Waals surface area contributed by atoms with Crippen LogP contribution in [0, 0.1) is 0 Å². The summed E-state index contributed by atoms with van der Waals surface area (Å²) < 4.78 is 1.03. The highest BCUT2D eigenvalue weighted by Crippen LogP contribution is 2.32. The van der Waals surface area contributed by atoms with Crippen molar-refractivity contribution < 1.29 is 4.79 Å². The molecule has 1 atom stereocenters. The van der Waals surface area contributed by atoms with Gasteiger partial charge in [0.2, 0.25) is 5.91 Å². The molecule has 0 aromatic heterocycles. The summed E-state index contributed by atoms with van der Waals surface area (Å²) in [5.74, 6) is 0.181. The standard InChI is InChI=1S/C18H19BrN2O/c1-13-11-14-5-2-3-8-17(14)21(13)18(22)9-10-20-16-7-4-6-15(19)12-16/h2-8,12-13,20H,9-11H2,1H3. The number of anilines is 2. The van der Waals surface area contributed by atoms with Crippen molar-refractivity contribution in [2.45, 2.75) is 25.8 Å². The van der Waals surface area contributed by atoms with E-state index in [9.17, 15) is 4.79 Å². The molecule has 2 aromatic rings. The molecule has 1 aliphatic rings. The van der Waals surface area contributed by atoms with Crippen molar-refractivity contribution >= 4 is 33.2 Å². The molecule has 0 radical (unpaired) electrons. The predicted molar refractivity (Wildman–Crippen MR) is 94.3 cm³/mol. The lowest BCUT2D eigenvalue weighted by molar-refractivity contribution is -0.118. The van der Waals surface area contributed by atoms with Gasteiger partial charge in [-0.1, -0.05) is 40.2 Å². The fourth-order valence-electron chi connectivity index (χ4n) is 2.98. The van der Waals surface area contributed by atoms with Gasteiger partial charge in [-0.2, -0.15) is 0 Å². The van der Waals surface area contributed by atoms with Gasteiger partial charge in [0.25, 0.3) is 0 Å². The molecule has 3 nitrogen and oxygen atoms in total. The lowest BCUT2D eigenvalue weighted by Gasteiger charge is -2.23. The van der Waals surface area contributed by atoms with Gasteiger partial charge in [-0.05, 0) is 43.2 Å². The van der Waals surface area contributed by atoms with Gasteiger partial charge >= 0.3 is 0 Å². The molecule has 0 fully saturated rings. The molecule has 22 heavy (non-hydrogen) atoms. The summed E-state index contributed by atoms with van der Waals surface area (Å²) >= 11 is 3.45. The molecule has 0 spiro atoms. The maximum absolute atomic E-state index is 12.6. The van der Waals surface area contributed by atoms with Gasteiger partial charge in [-0.15, -0.1) is 0 Å². The highest BCUT2D eigenvalue weighted by molar-refractivity contribution is 9.10. The maximum atomic E-state index is 12.6. The number of carbonyl (C=O) groups is 1. The number of benzene rings is 2. The molecule has 1 heterocycles. The lowest BCUT2D eigenvalue weighted by atomic mass is 10.1. The number of hydrogen-bond donors (Lipinski definition) is 1. The van der Waals surface area contributed by atoms with Crippen LogP contribution in [0.15, 0.2) is 53.0 Å². The molecule has 1 N–H and O–H groups in total. The average molecular weight is 359 g/mol. The van der Waals surface area contributed by atoms with Gasteiger partial charge in [0, 0.05) is 34.9 Å². The molecule has 1 aliphatic heterocycles. The Balaban J connectivity index is 1.61. The molecular weight excluding hydrogens is 340 g/mol. The number of para-hydroxylation sites is 1. The van der Waals surface area contributed by atoms with E-state index in [1.807, 2.05) is 47.4 Å². The zero-order chi connectivity index (χ0) is 15.5. The summed E-state index contributed by atoms with van der Waals surface area (Å²) in [6, 6.07) is 16.4. The van der Waals surface area contributed by atoms with Crippen molar-refractivity contribution in [1.29, 1.82) is 0 Å². The first-order chi connectivity index (χ1) is 10.6. The summed E-state index contributed by atoms with van der Waals surface area (Å²) in [6.45, 7) is 2.75. The largest absolute Gasteiger partial charge is 0.384 e. The third-order valence-electron chi connectivity index (χ3n) is 3.97. The topological polar surface area (TPSA) is 32.3 Å². The van der Waals surface area contributed by atoms with Gasteiger partial charge < -0.3 is 10.2 Å². The Labute approximate surface area is 139 Å². The number of nitrogens with zero attached hydrogens (tertiary/aromatic N) is 1. The molecule has 0 aliphatic carbocycles. The van der Waals surface area contributed by atoms with E-state index in [2.05, 4.69) is 34.2 Å². The zero-order valence-electron chi connectivity index (χ0n) is 12.6. The fraction of sp³-hybridized carbons (Fsp3) is 0.278. The van der Waals surface area contributed by atoms with Gasteiger partial charge in [-0.25, -0.2) is 0 Å². The minimum Gasteiger partial charge on any atom is -0.384 e. The maximum Gasteiger partial charge on any atom is 0.229 e. The van der Waals surface area contributed by atoms with Crippen molar-refractivity contribution in [2.75, 3.05) is 16.8 Å². The number of halogens is 1. The molecule has 4 heteroatoms. The Morgan fingerprint density at radius 1 is 1.27 bits per heavy atom. The smallest absolute Gasteiger partial charge is 0.229 e. The first-order valence-electron chi connectivity index (χ1n) is 7.54. The molecule has 0 saturated heterocycles. The summed E-state index contributed by atoms with van der Waals surface area (Å²) in [5, 5.41) is 3.30. The third kappa shape index (κ3) is 3.17. The number of rotatable bonds is 4. The van der Waals surface area contributed by atoms with Crippen LogP contribution < -0.4 is 10.2 Å². The summed E-state index contributed by atoms with van der Waals surface area (Å²) in [5.41, 5.74) is 3.36. The second kappa shape index (κ2) is 6.53. The van der Waals surface area contributed by atoms with E-state index in [0.29, 0.717) is 13.0 Å². The minimum absolute atomic E-state index is 0.181. The summed E-state index contributed by atoms with van der Waals surface area (Å²) in [4.78, 5) is 14.5. The van der Waals surface area contributed by atoms with Crippen LogP contribution in [0.2, 0.25) is 0 Å². The van der Waals surface area contributed by atoms with Crippen molar-refractivity contribution in [2.24, 2.45) is 0 Å². The summed E-state index contributed by atoms with van der Waals surface area (Å²) in [6.07, 6.45) is 1.44. The second-order valence-electron chi connectivity index (χ2n) is 5.63. The van der Waals surface area contributed by atoms with E-state index in [1.165, 1.54) is 5.56 Å². The Morgan fingerprint density at radius 3 is 2.91 bits per heavy atom. The quantitative estimate of drug-likeness (QED) is 0.886. The van der Waals surface area contributed by atoms with E-state index in [1.54, 1.807) is 0 Å². The molecule has 114 valence electrons. The SMILES string of the molecule is CC1Cc2ccccc2N1C(=O)CCNc1cccc(Br)c1. The van der Waals surface area contributed by atoms with Crippen LogP contribution in [0.3, 0.4) is 0 Å².